The van der Waals surface area contributed by atoms with E-state index in [0.29, 0.717) is 0 Å². The molecular weight excluding hydrogens is 566 g/mol. The van der Waals surface area contributed by atoms with Gasteiger partial charge in [0.2, 0.25) is 0 Å². The highest BCUT2D eigenvalue weighted by atomic mass is 16.7. The molecule has 1 saturated carbocycles. The molecule has 0 spiro atoms. The second kappa shape index (κ2) is 14.9. The van der Waals surface area contributed by atoms with Gasteiger partial charge < -0.3 is 89.1 Å². The van der Waals surface area contributed by atoms with Crippen molar-refractivity contribution in [2.24, 2.45) is 45.3 Å². The van der Waals surface area contributed by atoms with E-state index in [4.69, 9.17) is 53.3 Å². The highest BCUT2D eigenvalue weighted by molar-refractivity contribution is 5.83. The first-order valence-electron chi connectivity index (χ1n) is 13.6. The predicted octanol–water partition coefficient (Wildman–Crippen LogP) is -8.44. The van der Waals surface area contributed by atoms with Crippen molar-refractivity contribution in [3.8, 4) is 0 Å². The van der Waals surface area contributed by atoms with E-state index in [1.165, 1.54) is 0 Å². The summed E-state index contributed by atoms with van der Waals surface area (Å²) in [5.41, 5.74) is 34.3. The van der Waals surface area contributed by atoms with Gasteiger partial charge in [-0.25, -0.2) is 4.99 Å². The molecule has 1 aliphatic carbocycles. The number of nitrogens with zero attached hydrogens (tertiary/aromatic N) is 1. The molecule has 3 fully saturated rings. The normalized spacial score (nSPS) is 45.3. The van der Waals surface area contributed by atoms with Gasteiger partial charge in [-0.3, -0.25) is 4.79 Å². The summed E-state index contributed by atoms with van der Waals surface area (Å²) in [7, 11) is 0. The Morgan fingerprint density at radius 3 is 2.07 bits per heavy atom. The van der Waals surface area contributed by atoms with Crippen molar-refractivity contribution in [2.75, 3.05) is 19.7 Å². The van der Waals surface area contributed by atoms with Crippen LogP contribution in [0.25, 0.3) is 0 Å². The van der Waals surface area contributed by atoms with E-state index in [-0.39, 0.29) is 25.9 Å². The molecule has 0 amide bonds. The topological polar surface area (TPSA) is 364 Å². The summed E-state index contributed by atoms with van der Waals surface area (Å²) >= 11 is 0. The number of guanidine groups is 1. The number of hydrogen-bond acceptors (Lipinski definition) is 17. The lowest BCUT2D eigenvalue weighted by Gasteiger charge is -2.49. The largest absolute Gasteiger partial charge is 0.394 e. The van der Waals surface area contributed by atoms with Crippen LogP contribution in [-0.2, 0) is 23.7 Å². The molecule has 0 aromatic heterocycles. The lowest BCUT2D eigenvalue weighted by molar-refractivity contribution is -0.323. The Hall–Kier alpha value is -1.66. The molecule has 19 heteroatoms. The minimum atomic E-state index is -1.67. The molecule has 244 valence electrons. The summed E-state index contributed by atoms with van der Waals surface area (Å²) in [6, 6.07) is -3.66. The molecule has 1 unspecified atom stereocenters. The molecule has 3 rings (SSSR count). The number of aliphatic imine (C=N–C) groups is 1. The first-order valence-corrected chi connectivity index (χ1v) is 13.6. The number of ether oxygens (including phenoxy) is 4. The number of Topliss-reactive ketones (excluding diaryl/α,β-unsaturated/α-hetero) is 1. The minimum Gasteiger partial charge on any atom is -0.394 e. The lowest BCUT2D eigenvalue weighted by Crippen LogP contribution is -2.66. The zero-order valence-electron chi connectivity index (χ0n) is 22.9. The number of aliphatic hydroxyl groups is 7. The molecule has 2 heterocycles. The van der Waals surface area contributed by atoms with Gasteiger partial charge in [-0.2, -0.15) is 0 Å². The minimum absolute atomic E-state index is 0.0402. The maximum absolute atomic E-state index is 12.6. The van der Waals surface area contributed by atoms with Crippen LogP contribution in [0.1, 0.15) is 12.8 Å². The van der Waals surface area contributed by atoms with E-state index in [2.05, 4.69) is 4.99 Å². The monoisotopic (exact) mass is 611 g/mol. The second-order valence-electron chi connectivity index (χ2n) is 10.9. The van der Waals surface area contributed by atoms with Gasteiger partial charge in [-0.05, 0) is 12.3 Å². The molecule has 3 aliphatic rings. The summed E-state index contributed by atoms with van der Waals surface area (Å²) in [6.07, 6.45) is -17.8. The number of rotatable bonds is 11. The second-order valence-corrected chi connectivity index (χ2v) is 10.9. The van der Waals surface area contributed by atoms with Crippen molar-refractivity contribution in [1.29, 1.82) is 0 Å². The van der Waals surface area contributed by atoms with Crippen LogP contribution < -0.4 is 34.4 Å². The standard InChI is InChI=1S/C23H45N7O12/c24-3-9(33)8(32)2-6-1-7(26)20(42-21-13(30-23(28)29)17(37)15(35)10(4-25)39-21)18(38)19(6)41-22-16(36)12(27)14(34)11(5-31)40-22/h6-7,9-22,31,33-38H,1-5,24-27H2,(H4,28,29,30)/t6-,7-,9-,10+,11+,12-,13+,14+,15+,16+,17+,18+,19-,20?,21+,22+/m0/s1. The number of ketones is 1. The molecule has 0 aromatic rings. The summed E-state index contributed by atoms with van der Waals surface area (Å²) in [5, 5.41) is 72.9. The molecule has 2 saturated heterocycles. The van der Waals surface area contributed by atoms with E-state index in [0.717, 1.165) is 0 Å². The van der Waals surface area contributed by atoms with Crippen molar-refractivity contribution in [2.45, 2.75) is 105 Å². The van der Waals surface area contributed by atoms with E-state index >= 15 is 0 Å². The number of nitrogens with two attached hydrogens (primary N) is 6. The van der Waals surface area contributed by atoms with Crippen LogP contribution in [-0.4, -0.2) is 159 Å². The van der Waals surface area contributed by atoms with Crippen LogP contribution in [0.2, 0.25) is 0 Å². The Labute approximate surface area is 241 Å². The molecule has 16 atom stereocenters. The Morgan fingerprint density at radius 1 is 0.881 bits per heavy atom. The van der Waals surface area contributed by atoms with E-state index in [1.54, 1.807) is 0 Å². The third kappa shape index (κ3) is 7.52. The van der Waals surface area contributed by atoms with Gasteiger partial charge in [0.15, 0.2) is 24.3 Å². The van der Waals surface area contributed by atoms with Crippen LogP contribution in [0.15, 0.2) is 4.99 Å². The number of hydrogen-bond donors (Lipinski definition) is 13. The van der Waals surface area contributed by atoms with Crippen LogP contribution >= 0.6 is 0 Å². The van der Waals surface area contributed by atoms with Gasteiger partial charge >= 0.3 is 0 Å². The number of carbonyl (C=O) groups is 1. The third-order valence-corrected chi connectivity index (χ3v) is 7.91. The van der Waals surface area contributed by atoms with E-state index in [9.17, 15) is 40.5 Å². The first-order chi connectivity index (χ1) is 19.7. The van der Waals surface area contributed by atoms with Crippen LogP contribution in [0.5, 0.6) is 0 Å². The maximum atomic E-state index is 12.6. The van der Waals surface area contributed by atoms with Gasteiger partial charge in [0, 0.05) is 25.6 Å². The average molecular weight is 612 g/mol. The SMILES string of the molecule is NC[C@H](O)C(=O)C[C@@H]1C[C@H](N)C(O[C@H]2O[C@H](CN)[C@@H](O)[C@H](O)[C@H]2N=C(N)N)[C@H](O)[C@H]1O[C@H]1O[C@H](CO)[C@@H](O)[C@H](N)[C@H]1O. The van der Waals surface area contributed by atoms with Crippen molar-refractivity contribution < 1.29 is 59.5 Å². The van der Waals surface area contributed by atoms with Gasteiger partial charge in [-0.1, -0.05) is 0 Å². The molecule has 0 radical (unpaired) electrons. The third-order valence-electron chi connectivity index (χ3n) is 7.91. The summed E-state index contributed by atoms with van der Waals surface area (Å²) in [4.78, 5) is 16.5. The van der Waals surface area contributed by atoms with Gasteiger partial charge in [0.1, 0.15) is 61.0 Å². The molecular formula is C23H45N7O12. The summed E-state index contributed by atoms with van der Waals surface area (Å²) in [6.45, 7) is -1.24. The van der Waals surface area contributed by atoms with Gasteiger partial charge in [0.25, 0.3) is 0 Å². The smallest absolute Gasteiger partial charge is 0.186 e. The fraction of sp³-hybridized carbons (Fsp3) is 0.913. The number of aliphatic hydroxyl groups excluding tert-OH is 7. The molecule has 42 heavy (non-hydrogen) atoms. The van der Waals surface area contributed by atoms with Crippen molar-refractivity contribution in [3.63, 3.8) is 0 Å². The Kier molecular flexibility index (Phi) is 12.3. The van der Waals surface area contributed by atoms with Crippen molar-refractivity contribution in [1.82, 2.24) is 0 Å². The summed E-state index contributed by atoms with van der Waals surface area (Å²) < 4.78 is 23.1. The summed E-state index contributed by atoms with van der Waals surface area (Å²) in [5.74, 6) is -1.99. The molecule has 2 aliphatic heterocycles. The van der Waals surface area contributed by atoms with Gasteiger partial charge in [0.05, 0.1) is 18.8 Å². The van der Waals surface area contributed by atoms with E-state index < -0.39 is 116 Å². The predicted molar refractivity (Wildman–Crippen MR) is 142 cm³/mol. The zero-order chi connectivity index (χ0) is 31.5. The Balaban J connectivity index is 1.91. The highest BCUT2D eigenvalue weighted by Crippen LogP contribution is 2.36. The van der Waals surface area contributed by atoms with Crippen molar-refractivity contribution in [3.05, 3.63) is 0 Å². The molecule has 0 bridgehead atoms. The quantitative estimate of drug-likeness (QED) is 0.0761. The fourth-order valence-electron chi connectivity index (χ4n) is 5.51. The van der Waals surface area contributed by atoms with Gasteiger partial charge in [-0.15, -0.1) is 0 Å². The maximum Gasteiger partial charge on any atom is 0.186 e. The molecule has 19 N–H and O–H groups in total. The Morgan fingerprint density at radius 2 is 1.50 bits per heavy atom. The van der Waals surface area contributed by atoms with E-state index in [1.807, 2.05) is 0 Å². The molecule has 0 aromatic carbocycles. The Bertz CT molecular complexity index is 917. The van der Waals surface area contributed by atoms with Crippen LogP contribution in [0, 0.1) is 5.92 Å². The fourth-order valence-corrected chi connectivity index (χ4v) is 5.51. The van der Waals surface area contributed by atoms with Crippen LogP contribution in [0.3, 0.4) is 0 Å². The number of carbonyl (C=O) groups excluding carboxylic acids is 1. The van der Waals surface area contributed by atoms with Crippen molar-refractivity contribution >= 4 is 11.7 Å². The highest BCUT2D eigenvalue weighted by Gasteiger charge is 2.52. The molecule has 19 nitrogen and oxygen atoms in total. The zero-order valence-corrected chi connectivity index (χ0v) is 22.9. The first kappa shape index (κ1) is 34.8. The lowest BCUT2D eigenvalue weighted by atomic mass is 9.76. The van der Waals surface area contributed by atoms with Crippen LogP contribution in [0.4, 0.5) is 0 Å². The average Bonchev–Trinajstić information content (AvgIpc) is 2.95.